The van der Waals surface area contributed by atoms with Gasteiger partial charge < -0.3 is 10.2 Å². The van der Waals surface area contributed by atoms with E-state index >= 15 is 0 Å². The van der Waals surface area contributed by atoms with Gasteiger partial charge in [-0.3, -0.25) is 0 Å². The van der Waals surface area contributed by atoms with E-state index in [-0.39, 0.29) is 12.8 Å². The summed E-state index contributed by atoms with van der Waals surface area (Å²) in [5.41, 5.74) is 0. The number of aliphatic hydroxyl groups is 2. The lowest BCUT2D eigenvalue weighted by Gasteiger charge is -2.36. The highest BCUT2D eigenvalue weighted by atomic mass is 19.3. The van der Waals surface area contributed by atoms with Crippen molar-refractivity contribution in [1.29, 1.82) is 0 Å². The van der Waals surface area contributed by atoms with Crippen LogP contribution in [0.3, 0.4) is 0 Å². The van der Waals surface area contributed by atoms with E-state index in [1.807, 2.05) is 0 Å². The van der Waals surface area contributed by atoms with Crippen LogP contribution >= 0.6 is 0 Å². The maximum atomic E-state index is 12.8. The molecule has 0 bridgehead atoms. The molecule has 1 aliphatic rings. The van der Waals surface area contributed by atoms with Gasteiger partial charge in [0.2, 0.25) is 0 Å². The first-order valence-corrected chi connectivity index (χ1v) is 3.70. The Bertz CT molecular complexity index is 149. The number of aliphatic hydroxyl groups excluding tert-OH is 2. The second-order valence-electron chi connectivity index (χ2n) is 3.17. The molecule has 2 nitrogen and oxygen atoms in total. The lowest BCUT2D eigenvalue weighted by Crippen LogP contribution is -2.50. The van der Waals surface area contributed by atoms with E-state index in [0.717, 1.165) is 0 Å². The predicted molar refractivity (Wildman–Crippen MR) is 35.4 cm³/mol. The van der Waals surface area contributed by atoms with Crippen LogP contribution in [0.2, 0.25) is 0 Å². The number of hydrogen-bond donors (Lipinski definition) is 2. The zero-order chi connectivity index (χ0) is 8.65. The zero-order valence-corrected chi connectivity index (χ0v) is 6.30. The number of alkyl halides is 2. The fourth-order valence-electron chi connectivity index (χ4n) is 1.32. The summed E-state index contributed by atoms with van der Waals surface area (Å²) in [5, 5.41) is 17.8. The SMILES string of the molecule is C[C@H]1CC[C@H](O)[C@H](O)C1(F)F. The Hall–Kier alpha value is -0.220. The molecule has 0 heterocycles. The third kappa shape index (κ3) is 1.37. The van der Waals surface area contributed by atoms with Crippen molar-refractivity contribution < 1.29 is 19.0 Å². The van der Waals surface area contributed by atoms with E-state index in [2.05, 4.69) is 0 Å². The monoisotopic (exact) mass is 166 g/mol. The first-order valence-electron chi connectivity index (χ1n) is 3.70. The average Bonchev–Trinajstić information content (AvgIpc) is 1.95. The molecule has 3 atom stereocenters. The van der Waals surface area contributed by atoms with Crippen LogP contribution < -0.4 is 0 Å². The van der Waals surface area contributed by atoms with Crippen molar-refractivity contribution in [3.8, 4) is 0 Å². The topological polar surface area (TPSA) is 40.5 Å². The molecule has 0 radical (unpaired) electrons. The Morgan fingerprint density at radius 3 is 2.27 bits per heavy atom. The summed E-state index contributed by atoms with van der Waals surface area (Å²) in [6, 6.07) is 0. The lowest BCUT2D eigenvalue weighted by atomic mass is 9.83. The van der Waals surface area contributed by atoms with Gasteiger partial charge in [-0.25, -0.2) is 8.78 Å². The van der Waals surface area contributed by atoms with Gasteiger partial charge in [-0.2, -0.15) is 0 Å². The van der Waals surface area contributed by atoms with Crippen molar-refractivity contribution in [2.45, 2.75) is 37.9 Å². The molecule has 0 aliphatic heterocycles. The quantitative estimate of drug-likeness (QED) is 0.558. The number of hydrogen-bond acceptors (Lipinski definition) is 2. The molecule has 1 rings (SSSR count). The van der Waals surface area contributed by atoms with Crippen molar-refractivity contribution in [1.82, 2.24) is 0 Å². The van der Waals surface area contributed by atoms with Crippen molar-refractivity contribution in [2.75, 3.05) is 0 Å². The fraction of sp³-hybridized carbons (Fsp3) is 1.00. The largest absolute Gasteiger partial charge is 0.390 e. The van der Waals surface area contributed by atoms with Gasteiger partial charge in [0.25, 0.3) is 5.92 Å². The highest BCUT2D eigenvalue weighted by Crippen LogP contribution is 2.38. The molecule has 66 valence electrons. The standard InChI is InChI=1S/C7H12F2O2/c1-4-2-3-5(10)6(11)7(4,8)9/h4-6,10-11H,2-3H2,1H3/t4-,5-,6-/m0/s1. The van der Waals surface area contributed by atoms with Crippen molar-refractivity contribution >= 4 is 0 Å². The minimum atomic E-state index is -3.13. The van der Waals surface area contributed by atoms with Crippen LogP contribution in [0.5, 0.6) is 0 Å². The summed E-state index contributed by atoms with van der Waals surface area (Å²) in [4.78, 5) is 0. The molecule has 11 heavy (non-hydrogen) atoms. The Morgan fingerprint density at radius 1 is 1.27 bits per heavy atom. The van der Waals surface area contributed by atoms with Gasteiger partial charge in [0.15, 0.2) is 0 Å². The van der Waals surface area contributed by atoms with Crippen LogP contribution in [0.25, 0.3) is 0 Å². The Morgan fingerprint density at radius 2 is 1.82 bits per heavy atom. The molecule has 0 saturated heterocycles. The molecular formula is C7H12F2O2. The highest BCUT2D eigenvalue weighted by molar-refractivity contribution is 4.91. The lowest BCUT2D eigenvalue weighted by molar-refractivity contribution is -0.201. The Labute approximate surface area is 63.8 Å². The summed E-state index contributed by atoms with van der Waals surface area (Å²) >= 11 is 0. The normalized spacial score (nSPS) is 43.9. The molecule has 0 aromatic heterocycles. The molecule has 0 spiro atoms. The van der Waals surface area contributed by atoms with E-state index in [9.17, 15) is 8.78 Å². The molecule has 2 N–H and O–H groups in total. The van der Waals surface area contributed by atoms with Gasteiger partial charge in [-0.1, -0.05) is 6.92 Å². The molecule has 1 aliphatic carbocycles. The molecule has 1 saturated carbocycles. The average molecular weight is 166 g/mol. The second kappa shape index (κ2) is 2.68. The summed E-state index contributed by atoms with van der Waals surface area (Å²) in [5.74, 6) is -3.96. The molecule has 1 fully saturated rings. The van der Waals surface area contributed by atoms with E-state index in [1.165, 1.54) is 6.92 Å². The van der Waals surface area contributed by atoms with Crippen molar-refractivity contribution in [2.24, 2.45) is 5.92 Å². The van der Waals surface area contributed by atoms with Gasteiger partial charge in [0.1, 0.15) is 6.10 Å². The van der Waals surface area contributed by atoms with E-state index < -0.39 is 24.0 Å². The van der Waals surface area contributed by atoms with Crippen LogP contribution in [0.1, 0.15) is 19.8 Å². The van der Waals surface area contributed by atoms with Crippen LogP contribution in [0, 0.1) is 5.92 Å². The number of rotatable bonds is 0. The highest BCUT2D eigenvalue weighted by Gasteiger charge is 2.50. The third-order valence-corrected chi connectivity index (χ3v) is 2.31. The summed E-state index contributed by atoms with van der Waals surface area (Å²) in [7, 11) is 0. The maximum absolute atomic E-state index is 12.8. The first kappa shape index (κ1) is 8.87. The van der Waals surface area contributed by atoms with Crippen LogP contribution in [-0.4, -0.2) is 28.3 Å². The van der Waals surface area contributed by atoms with E-state index in [1.54, 1.807) is 0 Å². The predicted octanol–water partition coefficient (Wildman–Crippen LogP) is 0.773. The molecule has 4 heteroatoms. The minimum absolute atomic E-state index is 0.262. The minimum Gasteiger partial charge on any atom is -0.390 e. The van der Waals surface area contributed by atoms with E-state index in [0.29, 0.717) is 0 Å². The second-order valence-corrected chi connectivity index (χ2v) is 3.17. The van der Waals surface area contributed by atoms with Crippen LogP contribution in [0.15, 0.2) is 0 Å². The van der Waals surface area contributed by atoms with Gasteiger partial charge >= 0.3 is 0 Å². The Balaban J connectivity index is 2.72. The fourth-order valence-corrected chi connectivity index (χ4v) is 1.32. The van der Waals surface area contributed by atoms with Gasteiger partial charge in [0, 0.05) is 5.92 Å². The number of halogens is 2. The summed E-state index contributed by atoms with van der Waals surface area (Å²) in [6.45, 7) is 1.38. The molecule has 0 aromatic carbocycles. The Kier molecular flexibility index (Phi) is 2.16. The summed E-state index contributed by atoms with van der Waals surface area (Å²) < 4.78 is 25.7. The smallest absolute Gasteiger partial charge is 0.278 e. The zero-order valence-electron chi connectivity index (χ0n) is 6.30. The summed E-state index contributed by atoms with van der Waals surface area (Å²) in [6.07, 6.45) is -2.61. The molecule has 0 unspecified atom stereocenters. The molecule has 0 aromatic rings. The molecular weight excluding hydrogens is 154 g/mol. The first-order chi connectivity index (χ1) is 4.96. The van der Waals surface area contributed by atoms with Gasteiger partial charge in [-0.05, 0) is 12.8 Å². The maximum Gasteiger partial charge on any atom is 0.278 e. The van der Waals surface area contributed by atoms with E-state index in [4.69, 9.17) is 10.2 Å². The van der Waals surface area contributed by atoms with Gasteiger partial charge in [-0.15, -0.1) is 0 Å². The van der Waals surface area contributed by atoms with Crippen LogP contribution in [0.4, 0.5) is 8.78 Å². The van der Waals surface area contributed by atoms with Crippen molar-refractivity contribution in [3.05, 3.63) is 0 Å². The van der Waals surface area contributed by atoms with Gasteiger partial charge in [0.05, 0.1) is 6.10 Å². The van der Waals surface area contributed by atoms with Crippen LogP contribution in [-0.2, 0) is 0 Å². The third-order valence-electron chi connectivity index (χ3n) is 2.31. The molecule has 0 amide bonds. The van der Waals surface area contributed by atoms with Crippen molar-refractivity contribution in [3.63, 3.8) is 0 Å².